The number of unbranched alkanes of at least 4 members (excludes halogenated alkanes) is 1. The number of fused-ring (bicyclic) bond motifs is 2. The van der Waals surface area contributed by atoms with E-state index in [2.05, 4.69) is 53.8 Å². The van der Waals surface area contributed by atoms with Crippen LogP contribution in [0.4, 0.5) is 0 Å². The Morgan fingerprint density at radius 2 is 1.71 bits per heavy atom. The van der Waals surface area contributed by atoms with Gasteiger partial charge in [-0.05, 0) is 85.6 Å². The van der Waals surface area contributed by atoms with Gasteiger partial charge in [0.25, 0.3) is 0 Å². The van der Waals surface area contributed by atoms with Crippen LogP contribution >= 0.6 is 11.6 Å². The second kappa shape index (κ2) is 10.8. The molecular weight excluding hydrogens is 446 g/mol. The van der Waals surface area contributed by atoms with Crippen LogP contribution in [0.2, 0.25) is 5.02 Å². The zero-order valence-corrected chi connectivity index (χ0v) is 20.3. The van der Waals surface area contributed by atoms with E-state index in [0.29, 0.717) is 19.8 Å². The first-order valence-electron chi connectivity index (χ1n) is 12.3. The van der Waals surface area contributed by atoms with Crippen LogP contribution in [0.5, 0.6) is 11.5 Å². The van der Waals surface area contributed by atoms with Crippen molar-refractivity contribution in [3.05, 3.63) is 94.0 Å². The number of aryl methyl sites for hydroxylation is 1. The topological polar surface area (TPSA) is 39.7 Å². The van der Waals surface area contributed by atoms with Crippen molar-refractivity contribution in [2.24, 2.45) is 0 Å². The molecule has 1 atom stereocenters. The third kappa shape index (κ3) is 4.95. The number of rotatable bonds is 10. The molecule has 0 aliphatic carbocycles. The van der Waals surface area contributed by atoms with E-state index in [1.165, 1.54) is 16.7 Å². The molecular formula is C29H32ClNO3. The molecule has 4 nitrogen and oxygen atoms in total. The van der Waals surface area contributed by atoms with Crippen LogP contribution in [0.25, 0.3) is 0 Å². The Hall–Kier alpha value is -2.53. The van der Waals surface area contributed by atoms with Gasteiger partial charge in [-0.1, -0.05) is 60.1 Å². The van der Waals surface area contributed by atoms with Gasteiger partial charge in [0.1, 0.15) is 18.8 Å². The minimum atomic E-state index is -0.407. The molecule has 0 saturated heterocycles. The summed E-state index contributed by atoms with van der Waals surface area (Å²) in [5.74, 6) is 1.80. The first kappa shape index (κ1) is 23.2. The van der Waals surface area contributed by atoms with Crippen LogP contribution in [0.1, 0.15) is 47.9 Å². The second-order valence-corrected chi connectivity index (χ2v) is 9.47. The highest BCUT2D eigenvalue weighted by atomic mass is 35.5. The highest BCUT2D eigenvalue weighted by molar-refractivity contribution is 6.30. The van der Waals surface area contributed by atoms with Crippen LogP contribution in [0.3, 0.4) is 0 Å². The van der Waals surface area contributed by atoms with E-state index in [1.54, 1.807) is 0 Å². The van der Waals surface area contributed by atoms with Crippen molar-refractivity contribution in [1.29, 1.82) is 0 Å². The van der Waals surface area contributed by atoms with Gasteiger partial charge in [0.05, 0.1) is 6.61 Å². The zero-order chi connectivity index (χ0) is 23.2. The molecule has 0 amide bonds. The summed E-state index contributed by atoms with van der Waals surface area (Å²) in [5.41, 5.74) is 4.53. The maximum absolute atomic E-state index is 6.49. The molecule has 0 bridgehead atoms. The lowest BCUT2D eigenvalue weighted by molar-refractivity contribution is -0.0133. The molecule has 5 rings (SSSR count). The molecule has 3 aromatic carbocycles. The molecule has 1 unspecified atom stereocenters. The average Bonchev–Trinajstić information content (AvgIpc) is 3.25. The number of nitrogens with one attached hydrogen (secondary N) is 1. The second-order valence-electron chi connectivity index (χ2n) is 9.04. The van der Waals surface area contributed by atoms with Gasteiger partial charge in [-0.25, -0.2) is 0 Å². The fraction of sp³-hybridized carbons (Fsp3) is 0.379. The Labute approximate surface area is 207 Å². The molecule has 0 fully saturated rings. The lowest BCUT2D eigenvalue weighted by Crippen LogP contribution is -2.27. The Bertz CT molecular complexity index is 1120. The fourth-order valence-electron chi connectivity index (χ4n) is 5.13. The van der Waals surface area contributed by atoms with Crippen molar-refractivity contribution >= 4 is 11.6 Å². The van der Waals surface area contributed by atoms with Crippen LogP contribution in [0, 0.1) is 0 Å². The third-order valence-electron chi connectivity index (χ3n) is 6.80. The molecule has 0 spiro atoms. The summed E-state index contributed by atoms with van der Waals surface area (Å²) < 4.78 is 18.0. The lowest BCUT2D eigenvalue weighted by Gasteiger charge is -2.31. The summed E-state index contributed by atoms with van der Waals surface area (Å²) in [5, 5.41) is 4.36. The maximum atomic E-state index is 6.49. The zero-order valence-electron chi connectivity index (χ0n) is 19.5. The summed E-state index contributed by atoms with van der Waals surface area (Å²) in [4.78, 5) is 0. The van der Waals surface area contributed by atoms with Crippen molar-refractivity contribution in [2.75, 3.05) is 26.3 Å². The molecule has 34 heavy (non-hydrogen) atoms. The molecule has 2 heterocycles. The van der Waals surface area contributed by atoms with Crippen molar-refractivity contribution in [3.8, 4) is 11.5 Å². The summed E-state index contributed by atoms with van der Waals surface area (Å²) in [7, 11) is 0. The van der Waals surface area contributed by atoms with E-state index in [9.17, 15) is 0 Å². The normalized spacial score (nSPS) is 18.6. The predicted molar refractivity (Wildman–Crippen MR) is 136 cm³/mol. The van der Waals surface area contributed by atoms with Gasteiger partial charge in [-0.3, -0.25) is 0 Å². The predicted octanol–water partition coefficient (Wildman–Crippen LogP) is 6.28. The SMILES string of the molecule is Clc1cccc(C2(CCCCNCCCc3cccc4c3OCCO4)OCc3ccccc32)c1. The first-order valence-corrected chi connectivity index (χ1v) is 12.7. The molecule has 2 aliphatic heterocycles. The highest BCUT2D eigenvalue weighted by Gasteiger charge is 2.41. The average molecular weight is 478 g/mol. The van der Waals surface area contributed by atoms with Crippen molar-refractivity contribution < 1.29 is 14.2 Å². The van der Waals surface area contributed by atoms with Crippen LogP contribution in [-0.4, -0.2) is 26.3 Å². The number of para-hydroxylation sites is 1. The minimum absolute atomic E-state index is 0.407. The summed E-state index contributed by atoms with van der Waals surface area (Å²) in [6, 6.07) is 22.9. The van der Waals surface area contributed by atoms with Gasteiger partial charge in [0.15, 0.2) is 11.5 Å². The van der Waals surface area contributed by atoms with Crippen LogP contribution < -0.4 is 14.8 Å². The molecule has 5 heteroatoms. The quantitative estimate of drug-likeness (QED) is 0.349. The number of hydrogen-bond acceptors (Lipinski definition) is 4. The Morgan fingerprint density at radius 3 is 2.65 bits per heavy atom. The van der Waals surface area contributed by atoms with Gasteiger partial charge in [0.2, 0.25) is 0 Å². The summed E-state index contributed by atoms with van der Waals surface area (Å²) in [6.07, 6.45) is 5.18. The van der Waals surface area contributed by atoms with E-state index in [0.717, 1.165) is 67.3 Å². The van der Waals surface area contributed by atoms with Gasteiger partial charge >= 0.3 is 0 Å². The third-order valence-corrected chi connectivity index (χ3v) is 7.03. The standard InChI is InChI=1S/C29H32ClNO3/c30-25-12-6-11-24(20-25)29(26-13-2-1-8-23(26)21-34-29)15-3-4-16-31-17-7-10-22-9-5-14-27-28(22)33-19-18-32-27/h1-2,5-6,8-9,11-14,20,31H,3-4,7,10,15-19,21H2. The van der Waals surface area contributed by atoms with Crippen molar-refractivity contribution in [1.82, 2.24) is 5.32 Å². The van der Waals surface area contributed by atoms with Crippen LogP contribution in [0.15, 0.2) is 66.7 Å². The van der Waals surface area contributed by atoms with Gasteiger partial charge in [0, 0.05) is 5.02 Å². The van der Waals surface area contributed by atoms with E-state index in [-0.39, 0.29) is 0 Å². The van der Waals surface area contributed by atoms with Crippen molar-refractivity contribution in [3.63, 3.8) is 0 Å². The Balaban J connectivity index is 1.11. The molecule has 0 aromatic heterocycles. The molecule has 1 N–H and O–H groups in total. The minimum Gasteiger partial charge on any atom is -0.486 e. The number of ether oxygens (including phenoxy) is 3. The fourth-order valence-corrected chi connectivity index (χ4v) is 5.32. The lowest BCUT2D eigenvalue weighted by atomic mass is 9.81. The van der Waals surface area contributed by atoms with Gasteiger partial charge < -0.3 is 19.5 Å². The molecule has 0 radical (unpaired) electrons. The Morgan fingerprint density at radius 1 is 0.853 bits per heavy atom. The maximum Gasteiger partial charge on any atom is 0.164 e. The largest absolute Gasteiger partial charge is 0.486 e. The molecule has 178 valence electrons. The van der Waals surface area contributed by atoms with E-state index >= 15 is 0 Å². The first-order chi connectivity index (χ1) is 16.8. The number of hydrogen-bond donors (Lipinski definition) is 1. The monoisotopic (exact) mass is 477 g/mol. The summed E-state index contributed by atoms with van der Waals surface area (Å²) in [6.45, 7) is 3.91. The van der Waals surface area contributed by atoms with E-state index in [4.69, 9.17) is 25.8 Å². The van der Waals surface area contributed by atoms with Crippen LogP contribution in [-0.2, 0) is 23.4 Å². The molecule has 0 saturated carbocycles. The molecule has 2 aliphatic rings. The van der Waals surface area contributed by atoms with Crippen molar-refractivity contribution in [2.45, 2.75) is 44.3 Å². The number of halogens is 1. The number of benzene rings is 3. The van der Waals surface area contributed by atoms with E-state index in [1.807, 2.05) is 18.2 Å². The summed E-state index contributed by atoms with van der Waals surface area (Å²) >= 11 is 6.35. The van der Waals surface area contributed by atoms with Gasteiger partial charge in [-0.2, -0.15) is 0 Å². The van der Waals surface area contributed by atoms with E-state index < -0.39 is 5.60 Å². The highest BCUT2D eigenvalue weighted by Crippen LogP contribution is 2.46. The Kier molecular flexibility index (Phi) is 7.39. The smallest absolute Gasteiger partial charge is 0.164 e. The van der Waals surface area contributed by atoms with Gasteiger partial charge in [-0.15, -0.1) is 0 Å². The molecule has 3 aromatic rings.